The van der Waals surface area contributed by atoms with E-state index in [9.17, 15) is 22.4 Å². The Kier molecular flexibility index (Phi) is 6.21. The zero-order valence-electron chi connectivity index (χ0n) is 13.6. The Balaban J connectivity index is 2.12. The van der Waals surface area contributed by atoms with Crippen LogP contribution in [0.1, 0.15) is 43.7 Å². The average molecular weight is 346 g/mol. The topological polar surface area (TPSA) is 32.3 Å². The van der Waals surface area contributed by atoms with E-state index in [2.05, 4.69) is 5.32 Å². The van der Waals surface area contributed by atoms with Crippen LogP contribution in [-0.2, 0) is 17.5 Å². The molecule has 1 aliphatic heterocycles. The predicted octanol–water partition coefficient (Wildman–Crippen LogP) is 3.73. The Morgan fingerprint density at radius 3 is 2.75 bits per heavy atom. The number of alkyl halides is 3. The van der Waals surface area contributed by atoms with Gasteiger partial charge in [-0.1, -0.05) is 6.42 Å². The van der Waals surface area contributed by atoms with Gasteiger partial charge in [0, 0.05) is 26.1 Å². The third-order valence-corrected chi connectivity index (χ3v) is 4.35. The van der Waals surface area contributed by atoms with E-state index in [0.29, 0.717) is 19.5 Å². The van der Waals surface area contributed by atoms with Gasteiger partial charge in [0.25, 0.3) is 0 Å². The van der Waals surface area contributed by atoms with Crippen LogP contribution in [0.5, 0.6) is 0 Å². The molecule has 1 N–H and O–H groups in total. The van der Waals surface area contributed by atoms with Crippen molar-refractivity contribution in [2.24, 2.45) is 0 Å². The van der Waals surface area contributed by atoms with Gasteiger partial charge in [0.05, 0.1) is 5.56 Å². The Morgan fingerprint density at radius 1 is 1.33 bits per heavy atom. The number of amides is 1. The molecular formula is C17H22F4N2O. The maximum atomic E-state index is 13.4. The summed E-state index contributed by atoms with van der Waals surface area (Å²) in [7, 11) is 0. The molecule has 7 heteroatoms. The van der Waals surface area contributed by atoms with Crippen LogP contribution in [-0.4, -0.2) is 29.9 Å². The number of carbonyl (C=O) groups is 1. The Hall–Kier alpha value is -1.63. The van der Waals surface area contributed by atoms with Crippen LogP contribution >= 0.6 is 0 Å². The van der Waals surface area contributed by atoms with Gasteiger partial charge >= 0.3 is 6.18 Å². The molecule has 0 unspecified atom stereocenters. The van der Waals surface area contributed by atoms with E-state index in [0.717, 1.165) is 37.5 Å². The molecule has 2 rings (SSSR count). The molecule has 134 valence electrons. The molecule has 1 atom stereocenters. The smallest absolute Gasteiger partial charge is 0.356 e. The van der Waals surface area contributed by atoms with Crippen LogP contribution in [0.2, 0.25) is 0 Å². The van der Waals surface area contributed by atoms with Crippen molar-refractivity contribution in [3.05, 3.63) is 35.1 Å². The summed E-state index contributed by atoms with van der Waals surface area (Å²) in [6.45, 7) is 2.67. The maximum Gasteiger partial charge on any atom is 0.416 e. The average Bonchev–Trinajstić information content (AvgIpc) is 2.47. The van der Waals surface area contributed by atoms with Crippen molar-refractivity contribution in [1.82, 2.24) is 10.2 Å². The highest BCUT2D eigenvalue weighted by molar-refractivity contribution is 5.72. The van der Waals surface area contributed by atoms with Crippen LogP contribution in [0.15, 0.2) is 18.2 Å². The largest absolute Gasteiger partial charge is 0.416 e. The van der Waals surface area contributed by atoms with Crippen molar-refractivity contribution in [2.45, 2.75) is 51.4 Å². The zero-order chi connectivity index (χ0) is 17.7. The molecule has 1 aromatic carbocycles. The zero-order valence-corrected chi connectivity index (χ0v) is 13.6. The molecule has 1 fully saturated rings. The third kappa shape index (κ3) is 5.19. The van der Waals surface area contributed by atoms with Crippen molar-refractivity contribution >= 4 is 5.91 Å². The SMILES string of the molecule is CC(=O)NCC[C@H]1CCCCN1Cc1cc(F)ccc1C(F)(F)F. The van der Waals surface area contributed by atoms with Gasteiger partial charge in [-0.25, -0.2) is 4.39 Å². The first-order chi connectivity index (χ1) is 11.3. The van der Waals surface area contributed by atoms with Crippen molar-refractivity contribution in [3.8, 4) is 0 Å². The Bertz CT molecular complexity index is 574. The summed E-state index contributed by atoms with van der Waals surface area (Å²) in [6.07, 6.45) is -1.03. The summed E-state index contributed by atoms with van der Waals surface area (Å²) in [4.78, 5) is 12.9. The van der Waals surface area contributed by atoms with Crippen molar-refractivity contribution in [1.29, 1.82) is 0 Å². The molecule has 0 radical (unpaired) electrons. The second kappa shape index (κ2) is 7.96. The summed E-state index contributed by atoms with van der Waals surface area (Å²) >= 11 is 0. The van der Waals surface area contributed by atoms with E-state index >= 15 is 0 Å². The first-order valence-electron chi connectivity index (χ1n) is 8.11. The molecule has 0 aromatic heterocycles. The fraction of sp³-hybridized carbons (Fsp3) is 0.588. The first-order valence-corrected chi connectivity index (χ1v) is 8.11. The molecule has 1 saturated heterocycles. The second-order valence-corrected chi connectivity index (χ2v) is 6.19. The number of hydrogen-bond donors (Lipinski definition) is 1. The third-order valence-electron chi connectivity index (χ3n) is 4.35. The van der Waals surface area contributed by atoms with Gasteiger partial charge in [-0.15, -0.1) is 0 Å². The highest BCUT2D eigenvalue weighted by Gasteiger charge is 2.34. The minimum atomic E-state index is -4.50. The summed E-state index contributed by atoms with van der Waals surface area (Å²) in [6, 6.07) is 2.72. The van der Waals surface area contributed by atoms with E-state index < -0.39 is 17.6 Å². The lowest BCUT2D eigenvalue weighted by Gasteiger charge is -2.36. The van der Waals surface area contributed by atoms with Crippen molar-refractivity contribution in [2.75, 3.05) is 13.1 Å². The van der Waals surface area contributed by atoms with Crippen molar-refractivity contribution in [3.63, 3.8) is 0 Å². The molecule has 1 aliphatic rings. The highest BCUT2D eigenvalue weighted by Crippen LogP contribution is 2.34. The number of piperidine rings is 1. The van der Waals surface area contributed by atoms with Crippen LogP contribution in [0, 0.1) is 5.82 Å². The molecule has 0 bridgehead atoms. The summed E-state index contributed by atoms with van der Waals surface area (Å²) in [5.74, 6) is -0.786. The predicted molar refractivity (Wildman–Crippen MR) is 82.8 cm³/mol. The fourth-order valence-corrected chi connectivity index (χ4v) is 3.20. The molecule has 1 amide bonds. The van der Waals surface area contributed by atoms with Crippen LogP contribution in [0.3, 0.4) is 0 Å². The van der Waals surface area contributed by atoms with E-state index in [-0.39, 0.29) is 24.1 Å². The van der Waals surface area contributed by atoms with Gasteiger partial charge in [-0.05, 0) is 49.6 Å². The van der Waals surface area contributed by atoms with Crippen LogP contribution < -0.4 is 5.32 Å². The molecule has 0 aliphatic carbocycles. The highest BCUT2D eigenvalue weighted by atomic mass is 19.4. The molecule has 0 saturated carbocycles. The number of nitrogens with zero attached hydrogens (tertiary/aromatic N) is 1. The summed E-state index contributed by atoms with van der Waals surface area (Å²) in [5, 5.41) is 2.72. The number of hydrogen-bond acceptors (Lipinski definition) is 2. The number of halogens is 4. The van der Waals surface area contributed by atoms with E-state index in [1.807, 2.05) is 4.90 Å². The summed E-state index contributed by atoms with van der Waals surface area (Å²) in [5.41, 5.74) is -0.816. The molecular weight excluding hydrogens is 324 g/mol. The Morgan fingerprint density at radius 2 is 2.08 bits per heavy atom. The normalized spacial score (nSPS) is 19.3. The molecule has 24 heavy (non-hydrogen) atoms. The summed E-state index contributed by atoms with van der Waals surface area (Å²) < 4.78 is 52.8. The monoisotopic (exact) mass is 346 g/mol. The number of benzene rings is 1. The molecule has 1 heterocycles. The van der Waals surface area contributed by atoms with Crippen LogP contribution in [0.4, 0.5) is 17.6 Å². The number of nitrogens with one attached hydrogen (secondary N) is 1. The fourth-order valence-electron chi connectivity index (χ4n) is 3.20. The van der Waals surface area contributed by atoms with Gasteiger partial charge in [0.15, 0.2) is 0 Å². The lowest BCUT2D eigenvalue weighted by atomic mass is 9.97. The first kappa shape index (κ1) is 18.7. The van der Waals surface area contributed by atoms with Gasteiger partial charge in [-0.2, -0.15) is 13.2 Å². The van der Waals surface area contributed by atoms with Crippen molar-refractivity contribution < 1.29 is 22.4 Å². The van der Waals surface area contributed by atoms with Gasteiger partial charge in [0.2, 0.25) is 5.91 Å². The number of rotatable bonds is 5. The standard InChI is InChI=1S/C17H22F4N2O/c1-12(24)22-8-7-15-4-2-3-9-23(15)11-13-10-14(18)5-6-16(13)17(19,20)21/h5-6,10,15H,2-4,7-9,11H2,1H3,(H,22,24)/t15-/m1/s1. The minimum Gasteiger partial charge on any atom is -0.356 e. The van der Waals surface area contributed by atoms with Crippen LogP contribution in [0.25, 0.3) is 0 Å². The van der Waals surface area contributed by atoms with Gasteiger partial charge in [-0.3, -0.25) is 9.69 Å². The van der Waals surface area contributed by atoms with Gasteiger partial charge in [0.1, 0.15) is 5.82 Å². The lowest BCUT2D eigenvalue weighted by molar-refractivity contribution is -0.138. The quantitative estimate of drug-likeness (QED) is 0.824. The lowest BCUT2D eigenvalue weighted by Crippen LogP contribution is -2.41. The number of likely N-dealkylation sites (tertiary alicyclic amines) is 1. The molecule has 0 spiro atoms. The molecule has 3 nitrogen and oxygen atoms in total. The van der Waals surface area contributed by atoms with E-state index in [1.165, 1.54) is 6.92 Å². The minimum absolute atomic E-state index is 0.0334. The Labute approximate surface area is 139 Å². The maximum absolute atomic E-state index is 13.4. The van der Waals surface area contributed by atoms with Gasteiger partial charge < -0.3 is 5.32 Å². The molecule has 1 aromatic rings. The van der Waals surface area contributed by atoms with E-state index in [4.69, 9.17) is 0 Å². The van der Waals surface area contributed by atoms with E-state index in [1.54, 1.807) is 0 Å². The second-order valence-electron chi connectivity index (χ2n) is 6.19. The number of carbonyl (C=O) groups excluding carboxylic acids is 1.